The zero-order valence-corrected chi connectivity index (χ0v) is 14.9. The molecule has 3 rings (SSSR count). The second-order valence-corrected chi connectivity index (χ2v) is 7.25. The number of hydrogen-bond acceptors (Lipinski definition) is 3. The van der Waals surface area contributed by atoms with Gasteiger partial charge < -0.3 is 9.80 Å². The molecular formula is C19H22N2O2S. The number of likely N-dealkylation sites (N-methyl/N-ethyl adjacent to an activating group) is 1. The molecule has 0 radical (unpaired) electrons. The lowest BCUT2D eigenvalue weighted by Gasteiger charge is -2.36. The molecule has 0 bridgehead atoms. The molecule has 1 unspecified atom stereocenters. The highest BCUT2D eigenvalue weighted by atomic mass is 32.1. The van der Waals surface area contributed by atoms with Crippen molar-refractivity contribution in [1.82, 2.24) is 9.80 Å². The van der Waals surface area contributed by atoms with Crippen LogP contribution in [0.1, 0.15) is 29.0 Å². The Hall–Kier alpha value is -2.14. The number of thiophene rings is 1. The minimum atomic E-state index is -0.0177. The fourth-order valence-electron chi connectivity index (χ4n) is 3.19. The Morgan fingerprint density at radius 2 is 2.04 bits per heavy atom. The Morgan fingerprint density at radius 1 is 1.25 bits per heavy atom. The van der Waals surface area contributed by atoms with Gasteiger partial charge in [0.1, 0.15) is 0 Å². The van der Waals surface area contributed by atoms with Crippen LogP contribution in [0, 0.1) is 0 Å². The van der Waals surface area contributed by atoms with Crippen molar-refractivity contribution in [3.8, 4) is 0 Å². The first-order valence-electron chi connectivity index (χ1n) is 8.20. The molecule has 4 nitrogen and oxygen atoms in total. The molecule has 24 heavy (non-hydrogen) atoms. The van der Waals surface area contributed by atoms with Crippen molar-refractivity contribution >= 4 is 23.2 Å². The van der Waals surface area contributed by atoms with E-state index in [2.05, 4.69) is 19.1 Å². The van der Waals surface area contributed by atoms with E-state index in [1.165, 1.54) is 16.0 Å². The van der Waals surface area contributed by atoms with Crippen molar-refractivity contribution in [3.63, 3.8) is 0 Å². The van der Waals surface area contributed by atoms with Gasteiger partial charge in [0, 0.05) is 18.5 Å². The summed E-state index contributed by atoms with van der Waals surface area (Å²) in [6.45, 7) is 2.91. The van der Waals surface area contributed by atoms with E-state index < -0.39 is 0 Å². The van der Waals surface area contributed by atoms with Gasteiger partial charge in [-0.05, 0) is 35.9 Å². The van der Waals surface area contributed by atoms with Gasteiger partial charge in [0.15, 0.2) is 0 Å². The lowest BCUT2D eigenvalue weighted by molar-refractivity contribution is -0.140. The highest BCUT2D eigenvalue weighted by molar-refractivity contribution is 7.10. The molecule has 0 saturated carbocycles. The van der Waals surface area contributed by atoms with Crippen LogP contribution in [-0.2, 0) is 22.4 Å². The molecule has 1 aromatic carbocycles. The SMILES string of the molecule is CC1c2ccccc2CCN1C(=O)CN(C)C(=O)Cc1cccs1. The van der Waals surface area contributed by atoms with Crippen LogP contribution >= 0.6 is 11.3 Å². The summed E-state index contributed by atoms with van der Waals surface area (Å²) in [6.07, 6.45) is 1.24. The normalized spacial score (nSPS) is 16.6. The topological polar surface area (TPSA) is 40.6 Å². The van der Waals surface area contributed by atoms with Crippen LogP contribution in [-0.4, -0.2) is 41.8 Å². The molecular weight excluding hydrogens is 320 g/mol. The summed E-state index contributed by atoms with van der Waals surface area (Å²) in [5, 5.41) is 1.96. The van der Waals surface area contributed by atoms with Gasteiger partial charge in [-0.15, -0.1) is 11.3 Å². The van der Waals surface area contributed by atoms with Crippen molar-refractivity contribution in [2.45, 2.75) is 25.8 Å². The van der Waals surface area contributed by atoms with Crippen LogP contribution in [0.15, 0.2) is 41.8 Å². The van der Waals surface area contributed by atoms with Gasteiger partial charge in [0.2, 0.25) is 11.8 Å². The third kappa shape index (κ3) is 3.51. The van der Waals surface area contributed by atoms with Crippen LogP contribution in [0.25, 0.3) is 0 Å². The molecule has 0 aliphatic carbocycles. The summed E-state index contributed by atoms with van der Waals surface area (Å²) in [7, 11) is 1.70. The van der Waals surface area contributed by atoms with Gasteiger partial charge in [-0.2, -0.15) is 0 Å². The van der Waals surface area contributed by atoms with E-state index in [1.807, 2.05) is 34.5 Å². The first-order chi connectivity index (χ1) is 11.6. The summed E-state index contributed by atoms with van der Waals surface area (Å²) in [4.78, 5) is 29.4. The maximum Gasteiger partial charge on any atom is 0.242 e. The third-order valence-corrected chi connectivity index (χ3v) is 5.50. The highest BCUT2D eigenvalue weighted by Crippen LogP contribution is 2.29. The van der Waals surface area contributed by atoms with Gasteiger partial charge in [0.25, 0.3) is 0 Å². The number of amides is 2. The second-order valence-electron chi connectivity index (χ2n) is 6.22. The Balaban J connectivity index is 1.61. The molecule has 126 valence electrons. The molecule has 1 atom stereocenters. The van der Waals surface area contributed by atoms with Gasteiger partial charge in [-0.1, -0.05) is 30.3 Å². The quantitative estimate of drug-likeness (QED) is 0.857. The molecule has 2 aromatic rings. The maximum atomic E-state index is 12.7. The molecule has 1 aromatic heterocycles. The molecule has 5 heteroatoms. The summed E-state index contributed by atoms with van der Waals surface area (Å²) in [5.74, 6) is -0.00473. The molecule has 1 aliphatic heterocycles. The van der Waals surface area contributed by atoms with Gasteiger partial charge in [0.05, 0.1) is 19.0 Å². The van der Waals surface area contributed by atoms with Gasteiger partial charge in [-0.25, -0.2) is 0 Å². The minimum Gasteiger partial charge on any atom is -0.336 e. The first kappa shape index (κ1) is 16.7. The van der Waals surface area contributed by atoms with E-state index in [9.17, 15) is 9.59 Å². The minimum absolute atomic E-state index is 0.0130. The predicted octanol–water partition coefficient (Wildman–Crippen LogP) is 2.89. The zero-order chi connectivity index (χ0) is 17.1. The Labute approximate surface area is 146 Å². The number of hydrogen-bond donors (Lipinski definition) is 0. The van der Waals surface area contributed by atoms with Gasteiger partial charge >= 0.3 is 0 Å². The molecule has 0 spiro atoms. The number of fused-ring (bicyclic) bond motifs is 1. The number of benzene rings is 1. The number of carbonyl (C=O) groups is 2. The summed E-state index contributed by atoms with van der Waals surface area (Å²) < 4.78 is 0. The fourth-order valence-corrected chi connectivity index (χ4v) is 3.89. The molecule has 0 N–H and O–H groups in total. The smallest absolute Gasteiger partial charge is 0.242 e. The highest BCUT2D eigenvalue weighted by Gasteiger charge is 2.28. The van der Waals surface area contributed by atoms with E-state index in [-0.39, 0.29) is 24.4 Å². The lowest BCUT2D eigenvalue weighted by Crippen LogP contribution is -2.45. The molecule has 2 amide bonds. The van der Waals surface area contributed by atoms with E-state index in [1.54, 1.807) is 18.4 Å². The van der Waals surface area contributed by atoms with Crippen LogP contribution in [0.5, 0.6) is 0 Å². The maximum absolute atomic E-state index is 12.7. The fraction of sp³-hybridized carbons (Fsp3) is 0.368. The molecule has 1 aliphatic rings. The summed E-state index contributed by atoms with van der Waals surface area (Å²) >= 11 is 1.57. The number of carbonyl (C=O) groups excluding carboxylic acids is 2. The van der Waals surface area contributed by atoms with E-state index in [4.69, 9.17) is 0 Å². The molecule has 2 heterocycles. The lowest BCUT2D eigenvalue weighted by atomic mass is 9.93. The predicted molar refractivity (Wildman–Crippen MR) is 95.9 cm³/mol. The van der Waals surface area contributed by atoms with E-state index in [0.29, 0.717) is 13.0 Å². The number of nitrogens with zero attached hydrogens (tertiary/aromatic N) is 2. The van der Waals surface area contributed by atoms with Crippen molar-refractivity contribution in [1.29, 1.82) is 0 Å². The largest absolute Gasteiger partial charge is 0.336 e. The number of rotatable bonds is 4. The van der Waals surface area contributed by atoms with Gasteiger partial charge in [-0.3, -0.25) is 9.59 Å². The summed E-state index contributed by atoms with van der Waals surface area (Å²) in [5.41, 5.74) is 2.53. The van der Waals surface area contributed by atoms with Crippen molar-refractivity contribution in [3.05, 3.63) is 57.8 Å². The standard InChI is InChI=1S/C19H22N2O2S/c1-14-17-8-4-3-6-15(17)9-10-21(14)19(23)13-20(2)18(22)12-16-7-5-11-24-16/h3-8,11,14H,9-10,12-13H2,1-2H3. The summed E-state index contributed by atoms with van der Waals surface area (Å²) in [6, 6.07) is 12.2. The Kier molecular flexibility index (Phi) is 5.00. The second kappa shape index (κ2) is 7.18. The van der Waals surface area contributed by atoms with Crippen LogP contribution in [0.4, 0.5) is 0 Å². The monoisotopic (exact) mass is 342 g/mol. The van der Waals surface area contributed by atoms with Crippen molar-refractivity contribution in [2.75, 3.05) is 20.1 Å². The molecule has 0 fully saturated rings. The van der Waals surface area contributed by atoms with Crippen molar-refractivity contribution < 1.29 is 9.59 Å². The average molecular weight is 342 g/mol. The Morgan fingerprint density at radius 3 is 2.79 bits per heavy atom. The van der Waals surface area contributed by atoms with E-state index >= 15 is 0 Å². The van der Waals surface area contributed by atoms with E-state index in [0.717, 1.165) is 11.3 Å². The third-order valence-electron chi connectivity index (χ3n) is 4.62. The van der Waals surface area contributed by atoms with Crippen LogP contribution < -0.4 is 0 Å². The zero-order valence-electron chi connectivity index (χ0n) is 14.1. The average Bonchev–Trinajstić information content (AvgIpc) is 3.08. The Bertz CT molecular complexity index is 727. The van der Waals surface area contributed by atoms with Crippen molar-refractivity contribution in [2.24, 2.45) is 0 Å². The molecule has 0 saturated heterocycles. The van der Waals surface area contributed by atoms with Crippen LogP contribution in [0.2, 0.25) is 0 Å². The van der Waals surface area contributed by atoms with Crippen LogP contribution in [0.3, 0.4) is 0 Å². The first-order valence-corrected chi connectivity index (χ1v) is 9.08.